The molecule has 0 aliphatic rings. The first kappa shape index (κ1) is 25.3. The second-order valence-electron chi connectivity index (χ2n) is 8.26. The molecule has 0 radical (unpaired) electrons. The van der Waals surface area contributed by atoms with E-state index in [0.717, 1.165) is 5.56 Å². The van der Waals surface area contributed by atoms with Crippen LogP contribution in [0.25, 0.3) is 0 Å². The van der Waals surface area contributed by atoms with Crippen molar-refractivity contribution in [2.24, 2.45) is 0 Å². The van der Waals surface area contributed by atoms with Crippen LogP contribution in [0.1, 0.15) is 55.2 Å². The number of halogens is 2. The average Bonchev–Trinajstić information content (AvgIpc) is 2.70. The monoisotopic (exact) mass is 463 g/mol. The maximum atomic E-state index is 16.7. The van der Waals surface area contributed by atoms with Crippen molar-refractivity contribution in [3.63, 3.8) is 0 Å². The van der Waals surface area contributed by atoms with Gasteiger partial charge in [-0.15, -0.1) is 0 Å². The van der Waals surface area contributed by atoms with Gasteiger partial charge in [0, 0.05) is 10.6 Å². The van der Waals surface area contributed by atoms with E-state index in [0.29, 0.717) is 0 Å². The molecule has 0 saturated carbocycles. The third kappa shape index (κ3) is 6.07. The summed E-state index contributed by atoms with van der Waals surface area (Å²) >= 11 is 5.97. The number of alkyl halides is 1. The van der Waals surface area contributed by atoms with E-state index in [9.17, 15) is 14.4 Å². The van der Waals surface area contributed by atoms with Gasteiger partial charge in [0.25, 0.3) is 5.67 Å². The Morgan fingerprint density at radius 2 is 1.72 bits per heavy atom. The summed E-state index contributed by atoms with van der Waals surface area (Å²) in [5.41, 5.74) is -3.26. The Hall–Kier alpha value is -2.93. The van der Waals surface area contributed by atoms with Crippen molar-refractivity contribution in [2.75, 3.05) is 6.61 Å². The number of aryl methyl sites for hydroxylation is 1. The fraction of sp³-hybridized carbons (Fsp3) is 0.375. The van der Waals surface area contributed by atoms with Crippen molar-refractivity contribution in [2.45, 2.75) is 51.9 Å². The topological polar surface area (TPSA) is 81.7 Å². The minimum atomic E-state index is -3.28. The van der Waals surface area contributed by atoms with Gasteiger partial charge in [0.1, 0.15) is 11.6 Å². The predicted molar refractivity (Wildman–Crippen MR) is 120 cm³/mol. The summed E-state index contributed by atoms with van der Waals surface area (Å²) in [7, 11) is 0. The molecule has 2 rings (SSSR count). The lowest BCUT2D eigenvalue weighted by Crippen LogP contribution is -2.55. The molecule has 32 heavy (non-hydrogen) atoms. The second-order valence-corrected chi connectivity index (χ2v) is 8.70. The number of benzene rings is 2. The van der Waals surface area contributed by atoms with E-state index >= 15 is 4.39 Å². The van der Waals surface area contributed by atoms with Crippen molar-refractivity contribution >= 4 is 29.4 Å². The average molecular weight is 464 g/mol. The molecular formula is C24H27ClFNO5. The molecule has 0 bridgehead atoms. The Kier molecular flexibility index (Phi) is 8.02. The highest BCUT2D eigenvalue weighted by molar-refractivity contribution is 6.31. The van der Waals surface area contributed by atoms with Crippen LogP contribution in [-0.2, 0) is 14.3 Å². The third-order valence-electron chi connectivity index (χ3n) is 4.46. The number of carbonyl (C=O) groups is 3. The Morgan fingerprint density at radius 3 is 2.25 bits per heavy atom. The van der Waals surface area contributed by atoms with E-state index < -0.39 is 35.2 Å². The number of rotatable bonds is 7. The quantitative estimate of drug-likeness (QED) is 0.339. The summed E-state index contributed by atoms with van der Waals surface area (Å²) in [6, 6.07) is 10.2. The van der Waals surface area contributed by atoms with Crippen LogP contribution in [0, 0.1) is 6.92 Å². The van der Waals surface area contributed by atoms with Crippen LogP contribution < -0.4 is 5.32 Å². The zero-order chi connectivity index (χ0) is 24.1. The molecule has 0 aliphatic heterocycles. The number of ketones is 1. The molecule has 172 valence electrons. The number of hydrogen-bond acceptors (Lipinski definition) is 5. The van der Waals surface area contributed by atoms with Gasteiger partial charge in [0.2, 0.25) is 5.78 Å². The number of carbonyl (C=O) groups excluding carboxylic acids is 3. The van der Waals surface area contributed by atoms with Gasteiger partial charge < -0.3 is 14.8 Å². The summed E-state index contributed by atoms with van der Waals surface area (Å²) < 4.78 is 26.9. The third-order valence-corrected chi connectivity index (χ3v) is 4.69. The maximum absolute atomic E-state index is 16.7. The highest BCUT2D eigenvalue weighted by Crippen LogP contribution is 2.36. The fourth-order valence-corrected chi connectivity index (χ4v) is 3.20. The van der Waals surface area contributed by atoms with Crippen molar-refractivity contribution in [3.8, 4) is 0 Å². The lowest BCUT2D eigenvalue weighted by Gasteiger charge is -2.32. The number of nitrogens with one attached hydrogen (secondary N) is 1. The van der Waals surface area contributed by atoms with Crippen LogP contribution in [0.2, 0.25) is 5.02 Å². The molecule has 2 aromatic carbocycles. The highest BCUT2D eigenvalue weighted by Gasteiger charge is 2.56. The molecule has 0 spiro atoms. The Balaban J connectivity index is 2.64. The molecule has 8 heteroatoms. The molecule has 2 atom stereocenters. The summed E-state index contributed by atoms with van der Waals surface area (Å²) in [5, 5.41) is 2.55. The summed E-state index contributed by atoms with van der Waals surface area (Å²) in [4.78, 5) is 38.8. The summed E-state index contributed by atoms with van der Waals surface area (Å²) in [6.07, 6.45) is -0.992. The van der Waals surface area contributed by atoms with Crippen LogP contribution in [-0.4, -0.2) is 35.7 Å². The Labute approximate surface area is 192 Å². The number of amides is 1. The van der Waals surface area contributed by atoms with E-state index in [1.165, 1.54) is 43.3 Å². The van der Waals surface area contributed by atoms with Gasteiger partial charge >= 0.3 is 12.1 Å². The first-order valence-electron chi connectivity index (χ1n) is 10.1. The lowest BCUT2D eigenvalue weighted by molar-refractivity contribution is -0.155. The van der Waals surface area contributed by atoms with Gasteiger partial charge in [0.05, 0.1) is 6.61 Å². The molecule has 1 amide bonds. The summed E-state index contributed by atoms with van der Waals surface area (Å²) in [6.45, 7) is 8.06. The van der Waals surface area contributed by atoms with Crippen molar-refractivity contribution in [1.29, 1.82) is 0 Å². The zero-order valence-corrected chi connectivity index (χ0v) is 19.5. The molecule has 0 unspecified atom stereocenters. The van der Waals surface area contributed by atoms with Crippen LogP contribution in [0.3, 0.4) is 0 Å². The molecule has 6 nitrogen and oxygen atoms in total. The second kappa shape index (κ2) is 10.1. The van der Waals surface area contributed by atoms with Crippen LogP contribution >= 0.6 is 11.6 Å². The van der Waals surface area contributed by atoms with Crippen molar-refractivity contribution in [3.05, 3.63) is 70.2 Å². The Morgan fingerprint density at radius 1 is 1.09 bits per heavy atom. The molecule has 0 fully saturated rings. The molecule has 0 saturated heterocycles. The van der Waals surface area contributed by atoms with Crippen molar-refractivity contribution < 1.29 is 28.2 Å². The normalized spacial score (nSPS) is 14.1. The number of Topliss-reactive ketones (excluding diaryl/α,β-unsaturated/α-hetero) is 1. The largest absolute Gasteiger partial charge is 0.463 e. The van der Waals surface area contributed by atoms with E-state index in [4.69, 9.17) is 21.1 Å². The van der Waals surface area contributed by atoms with Gasteiger partial charge in [-0.1, -0.05) is 53.6 Å². The Bertz CT molecular complexity index is 987. The van der Waals surface area contributed by atoms with Crippen LogP contribution in [0.15, 0.2) is 48.5 Å². The smallest absolute Gasteiger partial charge is 0.408 e. The number of ether oxygens (including phenoxy) is 2. The molecule has 1 N–H and O–H groups in total. The minimum absolute atomic E-state index is 0.142. The SMILES string of the molecule is CCOC(=O)[C@@](F)(C(=O)c1cccc(Cl)c1)[C@@H](NC(=O)OC(C)(C)C)c1ccc(C)cc1. The molecular weight excluding hydrogens is 437 g/mol. The van der Waals surface area contributed by atoms with E-state index in [1.54, 1.807) is 32.9 Å². The first-order valence-corrected chi connectivity index (χ1v) is 10.5. The van der Waals surface area contributed by atoms with E-state index in [2.05, 4.69) is 5.32 Å². The van der Waals surface area contributed by atoms with E-state index in [1.807, 2.05) is 6.92 Å². The highest BCUT2D eigenvalue weighted by atomic mass is 35.5. The fourth-order valence-electron chi connectivity index (χ4n) is 3.01. The standard InChI is InChI=1S/C24H27ClFNO5/c1-6-31-21(29)24(26,20(28)17-8-7-9-18(25)14-17)19(16-12-10-15(2)11-13-16)27-22(30)32-23(3,4)5/h7-14,19H,6H2,1-5H3,(H,27,30)/t19-,24-/m0/s1. The number of alkyl carbamates (subject to hydrolysis) is 1. The van der Waals surface area contributed by atoms with Crippen molar-refractivity contribution in [1.82, 2.24) is 5.32 Å². The molecule has 0 aliphatic carbocycles. The van der Waals surface area contributed by atoms with Gasteiger partial charge in [-0.2, -0.15) is 0 Å². The minimum Gasteiger partial charge on any atom is -0.463 e. The summed E-state index contributed by atoms with van der Waals surface area (Å²) in [5.74, 6) is -2.62. The van der Waals surface area contributed by atoms with Gasteiger partial charge in [-0.3, -0.25) is 4.79 Å². The van der Waals surface area contributed by atoms with Gasteiger partial charge in [0.15, 0.2) is 0 Å². The number of hydrogen-bond donors (Lipinski definition) is 1. The first-order chi connectivity index (χ1) is 14.9. The van der Waals surface area contributed by atoms with Gasteiger partial charge in [-0.05, 0) is 52.3 Å². The predicted octanol–water partition coefficient (Wildman–Crippen LogP) is 5.37. The zero-order valence-electron chi connectivity index (χ0n) is 18.7. The maximum Gasteiger partial charge on any atom is 0.408 e. The molecule has 0 aromatic heterocycles. The lowest BCUT2D eigenvalue weighted by atomic mass is 9.83. The van der Waals surface area contributed by atoms with E-state index in [-0.39, 0.29) is 22.8 Å². The van der Waals surface area contributed by atoms with Gasteiger partial charge in [-0.25, -0.2) is 14.0 Å². The molecule has 2 aromatic rings. The number of esters is 1. The van der Waals surface area contributed by atoms with Crippen LogP contribution in [0.5, 0.6) is 0 Å². The molecule has 0 heterocycles. The van der Waals surface area contributed by atoms with Crippen LogP contribution in [0.4, 0.5) is 9.18 Å².